The summed E-state index contributed by atoms with van der Waals surface area (Å²) in [5.74, 6) is 1.40. The molecule has 1 unspecified atom stereocenters. The van der Waals surface area contributed by atoms with Crippen molar-refractivity contribution in [1.29, 1.82) is 0 Å². The molecule has 2 aromatic rings. The van der Waals surface area contributed by atoms with Crippen LogP contribution in [-0.4, -0.2) is 16.7 Å². The van der Waals surface area contributed by atoms with Crippen molar-refractivity contribution in [1.82, 2.24) is 15.5 Å². The molecule has 0 fully saturated rings. The van der Waals surface area contributed by atoms with Gasteiger partial charge in [-0.2, -0.15) is 0 Å². The fourth-order valence-corrected chi connectivity index (χ4v) is 1.41. The Hall–Kier alpha value is -1.82. The highest BCUT2D eigenvalue weighted by Crippen LogP contribution is 2.18. The van der Waals surface area contributed by atoms with Crippen LogP contribution >= 0.6 is 0 Å². The molecule has 0 spiro atoms. The number of nitrogens with zero attached hydrogens (tertiary/aromatic N) is 2. The summed E-state index contributed by atoms with van der Waals surface area (Å²) in [4.78, 5) is 0. The molecule has 1 atom stereocenters. The molecule has 0 aliphatic carbocycles. The van der Waals surface area contributed by atoms with Crippen molar-refractivity contribution in [2.24, 2.45) is 0 Å². The quantitative estimate of drug-likeness (QED) is 0.798. The van der Waals surface area contributed by atoms with Crippen molar-refractivity contribution in [2.75, 3.05) is 11.9 Å². The molecule has 2 rings (SSSR count). The van der Waals surface area contributed by atoms with Gasteiger partial charge in [-0.1, -0.05) is 12.0 Å². The van der Waals surface area contributed by atoms with Crippen LogP contribution in [0.5, 0.6) is 0 Å². The zero-order valence-corrected chi connectivity index (χ0v) is 9.93. The Morgan fingerprint density at radius 1 is 1.41 bits per heavy atom. The van der Waals surface area contributed by atoms with Crippen LogP contribution in [-0.2, 0) is 6.54 Å². The molecule has 17 heavy (non-hydrogen) atoms. The lowest BCUT2D eigenvalue weighted by Crippen LogP contribution is -2.11. The van der Waals surface area contributed by atoms with E-state index in [1.54, 1.807) is 6.26 Å². The SMILES string of the molecule is CCNCc1nnc(NC(C)c2ccco2)o1. The second-order valence-corrected chi connectivity index (χ2v) is 3.66. The zero-order valence-electron chi connectivity index (χ0n) is 9.93. The zero-order chi connectivity index (χ0) is 12.1. The highest BCUT2D eigenvalue weighted by Gasteiger charge is 2.12. The van der Waals surface area contributed by atoms with Crippen LogP contribution < -0.4 is 10.6 Å². The van der Waals surface area contributed by atoms with Crippen LogP contribution in [0, 0.1) is 0 Å². The normalized spacial score (nSPS) is 12.6. The average molecular weight is 236 g/mol. The number of hydrogen-bond donors (Lipinski definition) is 2. The van der Waals surface area contributed by atoms with Gasteiger partial charge in [0.25, 0.3) is 0 Å². The molecule has 2 aromatic heterocycles. The van der Waals surface area contributed by atoms with E-state index < -0.39 is 0 Å². The first kappa shape index (κ1) is 11.7. The van der Waals surface area contributed by atoms with Crippen LogP contribution in [0.2, 0.25) is 0 Å². The van der Waals surface area contributed by atoms with Gasteiger partial charge >= 0.3 is 6.01 Å². The predicted octanol–water partition coefficient (Wildman–Crippen LogP) is 1.95. The number of aromatic nitrogens is 2. The van der Waals surface area contributed by atoms with Crippen molar-refractivity contribution in [3.8, 4) is 0 Å². The summed E-state index contributed by atoms with van der Waals surface area (Å²) in [5.41, 5.74) is 0. The standard InChI is InChI=1S/C11H16N4O2/c1-3-12-7-10-14-15-11(17-10)13-8(2)9-5-4-6-16-9/h4-6,8,12H,3,7H2,1-2H3,(H,13,15). The molecule has 2 N–H and O–H groups in total. The molecule has 6 heteroatoms. The smallest absolute Gasteiger partial charge is 0.316 e. The molecule has 6 nitrogen and oxygen atoms in total. The molecular weight excluding hydrogens is 220 g/mol. The Balaban J connectivity index is 1.92. The van der Waals surface area contributed by atoms with Crippen molar-refractivity contribution in [3.05, 3.63) is 30.0 Å². The third kappa shape index (κ3) is 3.07. The molecule has 92 valence electrons. The molecular formula is C11H16N4O2. The van der Waals surface area contributed by atoms with E-state index in [0.717, 1.165) is 12.3 Å². The summed E-state index contributed by atoms with van der Waals surface area (Å²) in [6.07, 6.45) is 1.64. The van der Waals surface area contributed by atoms with Crippen molar-refractivity contribution in [2.45, 2.75) is 26.4 Å². The largest absolute Gasteiger partial charge is 0.467 e. The second kappa shape index (κ2) is 5.49. The van der Waals surface area contributed by atoms with Crippen molar-refractivity contribution >= 4 is 6.01 Å². The van der Waals surface area contributed by atoms with E-state index in [-0.39, 0.29) is 6.04 Å². The van der Waals surface area contributed by atoms with Crippen LogP contribution in [0.3, 0.4) is 0 Å². The Kier molecular flexibility index (Phi) is 3.77. The topological polar surface area (TPSA) is 76.1 Å². The first-order valence-electron chi connectivity index (χ1n) is 5.62. The molecule has 0 saturated carbocycles. The Labute approximate surface area is 99.4 Å². The van der Waals surface area contributed by atoms with E-state index in [4.69, 9.17) is 8.83 Å². The monoisotopic (exact) mass is 236 g/mol. The Morgan fingerprint density at radius 2 is 2.29 bits per heavy atom. The average Bonchev–Trinajstić information content (AvgIpc) is 2.97. The number of rotatable bonds is 6. The van der Waals surface area contributed by atoms with Crippen LogP contribution in [0.25, 0.3) is 0 Å². The van der Waals surface area contributed by atoms with E-state index >= 15 is 0 Å². The molecule has 0 amide bonds. The maximum Gasteiger partial charge on any atom is 0.316 e. The lowest BCUT2D eigenvalue weighted by molar-refractivity contribution is 0.461. The molecule has 0 saturated heterocycles. The predicted molar refractivity (Wildman–Crippen MR) is 62.4 cm³/mol. The summed E-state index contributed by atoms with van der Waals surface area (Å²) in [5, 5.41) is 14.0. The molecule has 0 radical (unpaired) electrons. The molecule has 0 bridgehead atoms. The second-order valence-electron chi connectivity index (χ2n) is 3.66. The molecule has 0 aliphatic rings. The van der Waals surface area contributed by atoms with Gasteiger partial charge in [0.15, 0.2) is 0 Å². The van der Waals surface area contributed by atoms with E-state index in [0.29, 0.717) is 18.5 Å². The van der Waals surface area contributed by atoms with Gasteiger partial charge in [0, 0.05) is 0 Å². The van der Waals surface area contributed by atoms with Gasteiger partial charge in [0.2, 0.25) is 5.89 Å². The number of nitrogens with one attached hydrogen (secondary N) is 2. The van der Waals surface area contributed by atoms with Gasteiger partial charge in [0.1, 0.15) is 5.76 Å². The van der Waals surface area contributed by atoms with E-state index in [1.807, 2.05) is 26.0 Å². The summed E-state index contributed by atoms with van der Waals surface area (Å²) in [6.45, 7) is 5.44. The van der Waals surface area contributed by atoms with Crippen molar-refractivity contribution in [3.63, 3.8) is 0 Å². The van der Waals surface area contributed by atoms with E-state index in [1.165, 1.54) is 0 Å². The minimum Gasteiger partial charge on any atom is -0.467 e. The van der Waals surface area contributed by atoms with Gasteiger partial charge < -0.3 is 19.5 Å². The van der Waals surface area contributed by atoms with Gasteiger partial charge in [-0.25, -0.2) is 0 Å². The van der Waals surface area contributed by atoms with E-state index in [2.05, 4.69) is 20.8 Å². The first-order chi connectivity index (χ1) is 8.29. The van der Waals surface area contributed by atoms with Gasteiger partial charge in [-0.15, -0.1) is 5.10 Å². The minimum atomic E-state index is -0.00238. The molecule has 0 aliphatic heterocycles. The lowest BCUT2D eigenvalue weighted by atomic mass is 10.3. The maximum absolute atomic E-state index is 5.42. The third-order valence-corrected chi connectivity index (χ3v) is 2.30. The Bertz CT molecular complexity index is 438. The van der Waals surface area contributed by atoms with Crippen molar-refractivity contribution < 1.29 is 8.83 Å². The first-order valence-corrected chi connectivity index (χ1v) is 5.62. The number of anilines is 1. The van der Waals surface area contributed by atoms with Crippen LogP contribution in [0.1, 0.15) is 31.5 Å². The van der Waals surface area contributed by atoms with Crippen LogP contribution in [0.15, 0.2) is 27.2 Å². The summed E-state index contributed by atoms with van der Waals surface area (Å²) in [7, 11) is 0. The Morgan fingerprint density at radius 3 is 3.00 bits per heavy atom. The lowest BCUT2D eigenvalue weighted by Gasteiger charge is -2.07. The molecule has 2 heterocycles. The van der Waals surface area contributed by atoms with Gasteiger partial charge in [-0.05, 0) is 25.6 Å². The van der Waals surface area contributed by atoms with Gasteiger partial charge in [-0.3, -0.25) is 0 Å². The maximum atomic E-state index is 5.42. The fourth-order valence-electron chi connectivity index (χ4n) is 1.41. The third-order valence-electron chi connectivity index (χ3n) is 2.30. The van der Waals surface area contributed by atoms with Gasteiger partial charge in [0.05, 0.1) is 18.8 Å². The fraction of sp³-hybridized carbons (Fsp3) is 0.455. The van der Waals surface area contributed by atoms with E-state index in [9.17, 15) is 0 Å². The highest BCUT2D eigenvalue weighted by molar-refractivity contribution is 5.23. The summed E-state index contributed by atoms with van der Waals surface area (Å²) in [6, 6.07) is 4.14. The number of hydrogen-bond acceptors (Lipinski definition) is 6. The summed E-state index contributed by atoms with van der Waals surface area (Å²) < 4.78 is 10.7. The number of furan rings is 1. The van der Waals surface area contributed by atoms with Crippen LogP contribution in [0.4, 0.5) is 6.01 Å². The minimum absolute atomic E-state index is 0.00238. The summed E-state index contributed by atoms with van der Waals surface area (Å²) >= 11 is 0. The molecule has 0 aromatic carbocycles. The highest BCUT2D eigenvalue weighted by atomic mass is 16.4.